The molecule has 1 spiro atoms. The number of aliphatic hydroxyl groups is 1. The minimum absolute atomic E-state index is 0.0713. The summed E-state index contributed by atoms with van der Waals surface area (Å²) in [5, 5.41) is 12.2. The molecular formula is C45H50ClN3O6Si. The first-order valence-corrected chi connectivity index (χ1v) is 23.2. The zero-order valence-electron chi connectivity index (χ0n) is 32.5. The second-order valence-corrected chi connectivity index (χ2v) is 21.5. The van der Waals surface area contributed by atoms with E-state index < -0.39 is 19.8 Å². The first kappa shape index (κ1) is 38.4. The van der Waals surface area contributed by atoms with Gasteiger partial charge in [0.05, 0.1) is 52.6 Å². The number of aliphatic hydroxyl groups excluding tert-OH is 1. The van der Waals surface area contributed by atoms with Gasteiger partial charge in [0, 0.05) is 41.7 Å². The molecular weight excluding hydrogens is 742 g/mol. The van der Waals surface area contributed by atoms with E-state index >= 15 is 4.79 Å². The number of methoxy groups -OCH3 is 1. The van der Waals surface area contributed by atoms with Crippen molar-refractivity contribution in [3.05, 3.63) is 118 Å². The summed E-state index contributed by atoms with van der Waals surface area (Å²) in [7, 11) is -0.876. The van der Waals surface area contributed by atoms with Crippen molar-refractivity contribution >= 4 is 54.0 Å². The monoisotopic (exact) mass is 791 g/mol. The fourth-order valence-electron chi connectivity index (χ4n) is 10.0. The van der Waals surface area contributed by atoms with Crippen LogP contribution in [0.5, 0.6) is 5.75 Å². The molecule has 8 rings (SSSR count). The Morgan fingerprint density at radius 2 is 1.71 bits per heavy atom. The highest BCUT2D eigenvalue weighted by atomic mass is 35.5. The number of carbonyl (C=O) groups excluding carboxylic acids is 3. The average Bonchev–Trinajstić information content (AvgIpc) is 3.63. The summed E-state index contributed by atoms with van der Waals surface area (Å²) in [6.45, 7) is 7.99. The first-order valence-electron chi connectivity index (χ1n) is 19.8. The predicted molar refractivity (Wildman–Crippen MR) is 221 cm³/mol. The van der Waals surface area contributed by atoms with Crippen LogP contribution in [-0.4, -0.2) is 68.2 Å². The van der Waals surface area contributed by atoms with Gasteiger partial charge in [0.1, 0.15) is 5.75 Å². The van der Waals surface area contributed by atoms with E-state index in [1.54, 1.807) is 16.9 Å². The zero-order valence-corrected chi connectivity index (χ0v) is 34.3. The molecule has 2 fully saturated rings. The van der Waals surface area contributed by atoms with Crippen molar-refractivity contribution in [1.82, 2.24) is 4.90 Å². The summed E-state index contributed by atoms with van der Waals surface area (Å²) in [5.41, 5.74) is 3.94. The maximum absolute atomic E-state index is 15.3. The smallest absolute Gasteiger partial charge is 0.264 e. The molecule has 0 radical (unpaired) electrons. The lowest BCUT2D eigenvalue weighted by atomic mass is 9.82. The first-order chi connectivity index (χ1) is 27.0. The Balaban J connectivity index is 1.16. The lowest BCUT2D eigenvalue weighted by Crippen LogP contribution is -2.52. The number of nitrogens with zero attached hydrogens (tertiary/aromatic N) is 3. The fourth-order valence-corrected chi connectivity index (χ4v) is 14.2. The largest absolute Gasteiger partial charge is 0.497 e. The maximum Gasteiger partial charge on any atom is 0.264 e. The summed E-state index contributed by atoms with van der Waals surface area (Å²) in [6.07, 6.45) is 2.52. The Bertz CT molecular complexity index is 2140. The molecule has 1 N–H and O–H groups in total. The number of halogens is 1. The van der Waals surface area contributed by atoms with Crippen molar-refractivity contribution in [3.63, 3.8) is 0 Å². The van der Waals surface area contributed by atoms with E-state index in [1.807, 2.05) is 77.7 Å². The third kappa shape index (κ3) is 6.54. The third-order valence-corrected chi connectivity index (χ3v) is 17.6. The van der Waals surface area contributed by atoms with Gasteiger partial charge in [-0.2, -0.15) is 0 Å². The van der Waals surface area contributed by atoms with Crippen molar-refractivity contribution in [2.45, 2.75) is 88.5 Å². The SMILES string of the molecule is COc1ccc([Si](C)(C)[C@@H]2[C@@H](CC(=O)N3Cc4ccccc4C[C@H]3CO)O[C@]3(C(=O)N(Cc4ccc(N5CCCCC5=O)cc4)c4ccc(Cl)cc43)[C@H]2C)cc1. The minimum Gasteiger partial charge on any atom is -0.497 e. The molecule has 2 saturated heterocycles. The van der Waals surface area contributed by atoms with Crippen LogP contribution in [0.4, 0.5) is 11.4 Å². The number of carbonyl (C=O) groups is 3. The standard InChI is InChI=1S/C45H50ClN3O6Si/c1-29-43(56(3,4)37-19-17-36(54-2)18-20-37)40(25-42(52)48-27-32-10-6-5-9-31(32)23-35(48)28-50)55-45(29)38-24-33(46)14-21-39(38)49(44(45)53)26-30-12-15-34(16-13-30)47-22-8-7-11-41(47)51/h5-6,9-10,12-21,24,29,35,40,43,50H,7-8,11,22-23,25-28H2,1-4H3/t29-,35-,40+,43-,45+/m0/s1. The van der Waals surface area contributed by atoms with Crippen LogP contribution in [0.15, 0.2) is 91.0 Å². The molecule has 11 heteroatoms. The molecule has 0 aromatic heterocycles. The van der Waals surface area contributed by atoms with E-state index in [9.17, 15) is 14.7 Å². The summed E-state index contributed by atoms with van der Waals surface area (Å²) in [5.74, 6) is 0.315. The molecule has 4 heterocycles. The predicted octanol–water partition coefficient (Wildman–Crippen LogP) is 6.96. The Hall–Kier alpha value is -4.48. The van der Waals surface area contributed by atoms with Gasteiger partial charge in [0.25, 0.3) is 5.91 Å². The molecule has 4 aliphatic rings. The van der Waals surface area contributed by atoms with Crippen LogP contribution < -0.4 is 19.7 Å². The van der Waals surface area contributed by atoms with E-state index in [-0.39, 0.29) is 48.3 Å². The summed E-state index contributed by atoms with van der Waals surface area (Å²) in [4.78, 5) is 48.0. The van der Waals surface area contributed by atoms with Gasteiger partial charge in [0.2, 0.25) is 11.8 Å². The third-order valence-electron chi connectivity index (χ3n) is 13.0. The van der Waals surface area contributed by atoms with Gasteiger partial charge >= 0.3 is 0 Å². The topological polar surface area (TPSA) is 99.6 Å². The average molecular weight is 792 g/mol. The quantitative estimate of drug-likeness (QED) is 0.184. The molecule has 292 valence electrons. The number of benzene rings is 4. The number of amides is 3. The fraction of sp³-hybridized carbons (Fsp3) is 0.400. The number of piperidine rings is 1. The van der Waals surface area contributed by atoms with E-state index in [2.05, 4.69) is 38.2 Å². The number of rotatable bonds is 9. The highest BCUT2D eigenvalue weighted by Crippen LogP contribution is 2.60. The summed E-state index contributed by atoms with van der Waals surface area (Å²) in [6, 6.07) is 29.4. The minimum atomic E-state index is -2.53. The van der Waals surface area contributed by atoms with Crippen molar-refractivity contribution in [2.75, 3.05) is 30.1 Å². The Morgan fingerprint density at radius 3 is 2.41 bits per heavy atom. The van der Waals surface area contributed by atoms with Crippen LogP contribution in [0.25, 0.3) is 0 Å². The molecule has 0 saturated carbocycles. The molecule has 0 bridgehead atoms. The molecule has 5 atom stereocenters. The van der Waals surface area contributed by atoms with Gasteiger partial charge in [-0.05, 0) is 84.0 Å². The van der Waals surface area contributed by atoms with E-state index in [0.717, 1.165) is 52.2 Å². The van der Waals surface area contributed by atoms with Crippen LogP contribution in [0.3, 0.4) is 0 Å². The van der Waals surface area contributed by atoms with Gasteiger partial charge in [-0.1, -0.05) is 85.3 Å². The summed E-state index contributed by atoms with van der Waals surface area (Å²) >= 11 is 6.73. The van der Waals surface area contributed by atoms with E-state index in [4.69, 9.17) is 21.1 Å². The number of fused-ring (bicyclic) bond motifs is 3. The van der Waals surface area contributed by atoms with E-state index in [0.29, 0.717) is 37.5 Å². The molecule has 4 aromatic rings. The second kappa shape index (κ2) is 15.1. The maximum atomic E-state index is 15.3. The number of anilines is 2. The molecule has 0 unspecified atom stereocenters. The normalized spacial score (nSPS) is 24.8. The number of hydrogen-bond acceptors (Lipinski definition) is 6. The van der Waals surface area contributed by atoms with Gasteiger partial charge in [0.15, 0.2) is 5.60 Å². The molecule has 4 aliphatic heterocycles. The van der Waals surface area contributed by atoms with Gasteiger partial charge in [-0.3, -0.25) is 14.4 Å². The van der Waals surface area contributed by atoms with Crippen molar-refractivity contribution in [1.29, 1.82) is 0 Å². The van der Waals surface area contributed by atoms with Crippen LogP contribution in [0, 0.1) is 5.92 Å². The number of ether oxygens (including phenoxy) is 2. The van der Waals surface area contributed by atoms with Crippen molar-refractivity contribution in [2.24, 2.45) is 5.92 Å². The van der Waals surface area contributed by atoms with Gasteiger partial charge < -0.3 is 29.3 Å². The van der Waals surface area contributed by atoms with E-state index in [1.165, 1.54) is 5.19 Å². The van der Waals surface area contributed by atoms with Crippen LogP contribution in [0.1, 0.15) is 54.9 Å². The molecule has 9 nitrogen and oxygen atoms in total. The molecule has 0 aliphatic carbocycles. The van der Waals surface area contributed by atoms with Crippen molar-refractivity contribution in [3.8, 4) is 5.75 Å². The lowest BCUT2D eigenvalue weighted by Gasteiger charge is -2.39. The zero-order chi connectivity index (χ0) is 39.4. The van der Waals surface area contributed by atoms with Crippen LogP contribution in [-0.2, 0) is 44.2 Å². The number of hydrogen-bond donors (Lipinski definition) is 1. The molecule has 56 heavy (non-hydrogen) atoms. The Labute approximate surface area is 335 Å². The van der Waals surface area contributed by atoms with Crippen LogP contribution in [0.2, 0.25) is 23.7 Å². The lowest BCUT2D eigenvalue weighted by molar-refractivity contribution is -0.151. The van der Waals surface area contributed by atoms with Gasteiger partial charge in [-0.15, -0.1) is 0 Å². The van der Waals surface area contributed by atoms with Crippen molar-refractivity contribution < 1.29 is 29.0 Å². The molecule has 3 amide bonds. The highest BCUT2D eigenvalue weighted by Gasteiger charge is 2.66. The Kier molecular flexibility index (Phi) is 10.4. The van der Waals surface area contributed by atoms with Crippen LogP contribution >= 0.6 is 11.6 Å². The summed E-state index contributed by atoms with van der Waals surface area (Å²) < 4.78 is 12.8. The Morgan fingerprint density at radius 1 is 0.982 bits per heavy atom. The molecule has 4 aromatic carbocycles. The van der Waals surface area contributed by atoms with Gasteiger partial charge in [-0.25, -0.2) is 0 Å². The highest BCUT2D eigenvalue weighted by molar-refractivity contribution is 6.91. The second-order valence-electron chi connectivity index (χ2n) is 16.4.